The van der Waals surface area contributed by atoms with Crippen LogP contribution in [0.1, 0.15) is 104 Å². The zero-order valence-corrected chi connectivity index (χ0v) is 24.4. The van der Waals surface area contributed by atoms with Crippen LogP contribution in [0.4, 0.5) is 0 Å². The Balaban J connectivity index is 1.58. The van der Waals surface area contributed by atoms with Crippen molar-refractivity contribution >= 4 is 5.97 Å². The molecule has 0 aromatic carbocycles. The summed E-state index contributed by atoms with van der Waals surface area (Å²) in [6, 6.07) is 0. The highest BCUT2D eigenvalue weighted by Crippen LogP contribution is 2.36. The number of rotatable bonds is 16. The molecule has 0 bridgehead atoms. The molecule has 5 atom stereocenters. The lowest BCUT2D eigenvalue weighted by atomic mass is 9.91. The van der Waals surface area contributed by atoms with Crippen molar-refractivity contribution in [3.63, 3.8) is 0 Å². The zero-order chi connectivity index (χ0) is 28.1. The number of carbonyl (C=O) groups is 1. The third kappa shape index (κ3) is 10.2. The fraction of sp³-hybridized carbons (Fsp3) is 0.839. The van der Waals surface area contributed by atoms with Gasteiger partial charge in [-0.05, 0) is 103 Å². The van der Waals surface area contributed by atoms with E-state index in [4.69, 9.17) is 23.7 Å². The molecule has 2 aliphatic heterocycles. The van der Waals surface area contributed by atoms with E-state index in [0.29, 0.717) is 37.9 Å². The summed E-state index contributed by atoms with van der Waals surface area (Å²) in [5, 5.41) is 21.4. The Morgan fingerprint density at radius 1 is 0.949 bits per heavy atom. The first-order valence-electron chi connectivity index (χ1n) is 15.2. The third-order valence-corrected chi connectivity index (χ3v) is 8.00. The first-order valence-corrected chi connectivity index (χ1v) is 15.2. The molecule has 224 valence electrons. The number of aliphatic hydroxyl groups excluding tert-OH is 1. The van der Waals surface area contributed by atoms with Gasteiger partial charge in [0.15, 0.2) is 12.6 Å². The second-order valence-electron chi connectivity index (χ2n) is 11.9. The summed E-state index contributed by atoms with van der Waals surface area (Å²) in [5.41, 5.74) is -0.150. The second kappa shape index (κ2) is 16.2. The Labute approximate surface area is 235 Å². The molecule has 2 heterocycles. The molecular weight excluding hydrogens is 500 g/mol. The van der Waals surface area contributed by atoms with Gasteiger partial charge in [-0.1, -0.05) is 37.6 Å². The summed E-state index contributed by atoms with van der Waals surface area (Å²) in [6.07, 6.45) is 16.8. The average molecular weight is 553 g/mol. The SMILES string of the molecule is CCCOC(C)(C)C/C=C/[C@H]1CCC[C@@H]1C/C=C\CC(O)C(OC1CCCCO1)(OC1CCCCO1)C(=O)O. The molecule has 39 heavy (non-hydrogen) atoms. The number of carboxylic acids is 1. The maximum absolute atomic E-state index is 12.6. The lowest BCUT2D eigenvalue weighted by molar-refractivity contribution is -0.372. The van der Waals surface area contributed by atoms with Crippen LogP contribution in [0, 0.1) is 11.8 Å². The van der Waals surface area contributed by atoms with Gasteiger partial charge in [0.05, 0.1) is 5.60 Å². The molecule has 3 fully saturated rings. The minimum atomic E-state index is -2.25. The molecule has 0 amide bonds. The van der Waals surface area contributed by atoms with Crippen LogP contribution in [0.25, 0.3) is 0 Å². The summed E-state index contributed by atoms with van der Waals surface area (Å²) in [5.74, 6) is -2.55. The maximum Gasteiger partial charge on any atom is 0.367 e. The van der Waals surface area contributed by atoms with E-state index >= 15 is 0 Å². The van der Waals surface area contributed by atoms with E-state index in [9.17, 15) is 15.0 Å². The van der Waals surface area contributed by atoms with Gasteiger partial charge in [-0.3, -0.25) is 0 Å². The quantitative estimate of drug-likeness (QED) is 0.174. The predicted octanol–water partition coefficient (Wildman–Crippen LogP) is 6.12. The van der Waals surface area contributed by atoms with Gasteiger partial charge in [-0.15, -0.1) is 0 Å². The van der Waals surface area contributed by atoms with E-state index in [2.05, 4.69) is 39.0 Å². The molecule has 0 aromatic rings. The molecule has 8 heteroatoms. The highest BCUT2D eigenvalue weighted by Gasteiger charge is 2.52. The fourth-order valence-electron chi connectivity index (χ4n) is 5.65. The molecule has 2 N–H and O–H groups in total. The van der Waals surface area contributed by atoms with Crippen molar-refractivity contribution in [2.75, 3.05) is 19.8 Å². The van der Waals surface area contributed by atoms with Crippen molar-refractivity contribution in [3.8, 4) is 0 Å². The zero-order valence-electron chi connectivity index (χ0n) is 24.4. The van der Waals surface area contributed by atoms with Crippen molar-refractivity contribution in [2.45, 2.75) is 134 Å². The molecule has 3 unspecified atom stereocenters. The van der Waals surface area contributed by atoms with E-state index in [-0.39, 0.29) is 12.0 Å². The first-order chi connectivity index (χ1) is 18.8. The van der Waals surface area contributed by atoms with Crippen LogP contribution in [-0.4, -0.2) is 66.1 Å². The third-order valence-electron chi connectivity index (χ3n) is 8.00. The number of allylic oxidation sites excluding steroid dienone is 2. The molecule has 2 saturated heterocycles. The van der Waals surface area contributed by atoms with Crippen LogP contribution in [0.5, 0.6) is 0 Å². The van der Waals surface area contributed by atoms with Crippen molar-refractivity contribution in [1.29, 1.82) is 0 Å². The molecule has 8 nitrogen and oxygen atoms in total. The van der Waals surface area contributed by atoms with Gasteiger partial charge in [0.1, 0.15) is 6.10 Å². The van der Waals surface area contributed by atoms with Crippen molar-refractivity contribution < 1.29 is 38.7 Å². The fourth-order valence-corrected chi connectivity index (χ4v) is 5.65. The molecule has 0 spiro atoms. The smallest absolute Gasteiger partial charge is 0.367 e. The molecule has 0 aromatic heterocycles. The Morgan fingerprint density at radius 3 is 2.18 bits per heavy atom. The summed E-state index contributed by atoms with van der Waals surface area (Å²) in [4.78, 5) is 12.6. The van der Waals surface area contributed by atoms with Crippen LogP contribution in [0.15, 0.2) is 24.3 Å². The Hall–Kier alpha value is -1.29. The molecule has 3 rings (SSSR count). The number of carboxylic acid groups (broad SMARTS) is 1. The van der Waals surface area contributed by atoms with Gasteiger partial charge in [0, 0.05) is 19.8 Å². The van der Waals surface area contributed by atoms with Crippen molar-refractivity contribution in [3.05, 3.63) is 24.3 Å². The molecule has 1 saturated carbocycles. The molecule has 3 aliphatic rings. The van der Waals surface area contributed by atoms with Gasteiger partial charge in [-0.2, -0.15) is 0 Å². The predicted molar refractivity (Wildman–Crippen MR) is 149 cm³/mol. The maximum atomic E-state index is 12.6. The average Bonchev–Trinajstić information content (AvgIpc) is 3.37. The van der Waals surface area contributed by atoms with Crippen LogP contribution in [0.3, 0.4) is 0 Å². The highest BCUT2D eigenvalue weighted by molar-refractivity contribution is 5.76. The van der Waals surface area contributed by atoms with Gasteiger partial charge in [0.2, 0.25) is 0 Å². The van der Waals surface area contributed by atoms with Gasteiger partial charge in [0.25, 0.3) is 0 Å². The topological polar surface area (TPSA) is 104 Å². The first kappa shape index (κ1) is 32.2. The summed E-state index contributed by atoms with van der Waals surface area (Å²) in [6.45, 7) is 8.17. The van der Waals surface area contributed by atoms with Crippen molar-refractivity contribution in [2.24, 2.45) is 11.8 Å². The Kier molecular flexibility index (Phi) is 13.4. The number of hydrogen-bond acceptors (Lipinski definition) is 7. The van der Waals surface area contributed by atoms with E-state index in [0.717, 1.165) is 51.6 Å². The van der Waals surface area contributed by atoms with Crippen LogP contribution < -0.4 is 0 Å². The van der Waals surface area contributed by atoms with Gasteiger partial charge < -0.3 is 33.9 Å². The van der Waals surface area contributed by atoms with E-state index in [1.54, 1.807) is 0 Å². The largest absolute Gasteiger partial charge is 0.477 e. The van der Waals surface area contributed by atoms with Crippen LogP contribution >= 0.6 is 0 Å². The highest BCUT2D eigenvalue weighted by atomic mass is 16.8. The second-order valence-corrected chi connectivity index (χ2v) is 11.9. The van der Waals surface area contributed by atoms with E-state index < -0.39 is 30.4 Å². The van der Waals surface area contributed by atoms with Crippen LogP contribution in [0.2, 0.25) is 0 Å². The minimum absolute atomic E-state index is 0.0991. The van der Waals surface area contributed by atoms with Crippen LogP contribution in [-0.2, 0) is 28.5 Å². The van der Waals surface area contributed by atoms with Gasteiger partial charge in [-0.25, -0.2) is 4.79 Å². The van der Waals surface area contributed by atoms with E-state index in [1.807, 2.05) is 6.08 Å². The Morgan fingerprint density at radius 2 is 1.62 bits per heavy atom. The Bertz CT molecular complexity index is 747. The minimum Gasteiger partial charge on any atom is -0.477 e. The molecule has 1 aliphatic carbocycles. The normalized spacial score (nSPS) is 29.1. The number of aliphatic hydroxyl groups is 1. The summed E-state index contributed by atoms with van der Waals surface area (Å²) >= 11 is 0. The number of aliphatic carboxylic acids is 1. The monoisotopic (exact) mass is 552 g/mol. The van der Waals surface area contributed by atoms with E-state index in [1.165, 1.54) is 19.3 Å². The lowest BCUT2D eigenvalue weighted by Crippen LogP contribution is -2.58. The summed E-state index contributed by atoms with van der Waals surface area (Å²) < 4.78 is 29.1. The standard InChI is InChI=1S/C31H52O8/c1-4-21-37-30(2,3)20-12-16-25-15-11-14-24(25)13-5-6-17-26(32)31(29(33)34,38-27-18-7-9-22-35-27)39-28-19-8-10-23-36-28/h5-6,12,16,24-28,32H,4,7-11,13-15,17-23H2,1-3H3,(H,33,34)/b6-5-,16-12+/t24-,25+,26?,27?,28?,31?/m0/s1. The molecule has 0 radical (unpaired) electrons. The number of hydrogen-bond donors (Lipinski definition) is 2. The molecular formula is C31H52O8. The lowest BCUT2D eigenvalue weighted by Gasteiger charge is -2.40. The number of ether oxygens (including phenoxy) is 5. The summed E-state index contributed by atoms with van der Waals surface area (Å²) in [7, 11) is 0. The van der Waals surface area contributed by atoms with Gasteiger partial charge >= 0.3 is 11.8 Å². The van der Waals surface area contributed by atoms with Crippen molar-refractivity contribution in [1.82, 2.24) is 0 Å².